The predicted octanol–water partition coefficient (Wildman–Crippen LogP) is 5.61. The maximum absolute atomic E-state index is 14.3. The average molecular weight is 499 g/mol. The van der Waals surface area contributed by atoms with E-state index in [9.17, 15) is 19.2 Å². The van der Waals surface area contributed by atoms with E-state index in [2.05, 4.69) is 0 Å². The third-order valence-electron chi connectivity index (χ3n) is 7.61. The second-order valence-corrected chi connectivity index (χ2v) is 9.58. The lowest BCUT2D eigenvalue weighted by atomic mass is 9.79. The van der Waals surface area contributed by atoms with Crippen molar-refractivity contribution in [1.29, 1.82) is 0 Å². The SMILES string of the molecule is CC[C@]1(C(=O)c2ccc(Cl)cc2)[C@@H]2c3ccccc3OC(=O)[C@]21C(=O)c1cc2ccccc2oc1=O. The molecule has 1 aliphatic carbocycles. The molecule has 0 spiro atoms. The molecule has 0 amide bonds. The van der Waals surface area contributed by atoms with Crippen molar-refractivity contribution in [2.24, 2.45) is 10.8 Å². The van der Waals surface area contributed by atoms with E-state index in [1.165, 1.54) is 6.07 Å². The molecule has 1 aliphatic heterocycles. The molecule has 2 heterocycles. The Morgan fingerprint density at radius 2 is 1.61 bits per heavy atom. The first-order valence-electron chi connectivity index (χ1n) is 11.6. The number of ketones is 2. The van der Waals surface area contributed by atoms with Gasteiger partial charge in [0, 0.05) is 27.5 Å². The predicted molar refractivity (Wildman–Crippen MR) is 133 cm³/mol. The van der Waals surface area contributed by atoms with Crippen LogP contribution in [0.5, 0.6) is 5.75 Å². The molecule has 6 rings (SSSR count). The summed E-state index contributed by atoms with van der Waals surface area (Å²) in [5.41, 5.74) is -3.27. The number of benzene rings is 3. The highest BCUT2D eigenvalue weighted by Crippen LogP contribution is 2.80. The van der Waals surface area contributed by atoms with Gasteiger partial charge in [0.15, 0.2) is 17.0 Å². The highest BCUT2D eigenvalue weighted by atomic mass is 35.5. The molecule has 6 nitrogen and oxygen atoms in total. The van der Waals surface area contributed by atoms with Gasteiger partial charge in [-0.15, -0.1) is 0 Å². The molecule has 0 bridgehead atoms. The van der Waals surface area contributed by atoms with Gasteiger partial charge in [-0.1, -0.05) is 54.9 Å². The van der Waals surface area contributed by atoms with Gasteiger partial charge in [0.05, 0.1) is 5.41 Å². The van der Waals surface area contributed by atoms with Crippen molar-refractivity contribution in [1.82, 2.24) is 0 Å². The van der Waals surface area contributed by atoms with Crippen molar-refractivity contribution in [2.75, 3.05) is 0 Å². The molecule has 0 unspecified atom stereocenters. The fourth-order valence-electron chi connectivity index (χ4n) is 6.00. The highest BCUT2D eigenvalue weighted by molar-refractivity contribution is 6.31. The Balaban J connectivity index is 1.60. The van der Waals surface area contributed by atoms with Crippen LogP contribution in [0, 0.1) is 10.8 Å². The average Bonchev–Trinajstić information content (AvgIpc) is 3.54. The van der Waals surface area contributed by atoms with Crippen LogP contribution in [0.15, 0.2) is 88.1 Å². The molecule has 1 aromatic heterocycles. The van der Waals surface area contributed by atoms with Gasteiger partial charge in [0.25, 0.3) is 0 Å². The number of ether oxygens (including phenoxy) is 1. The summed E-state index contributed by atoms with van der Waals surface area (Å²) in [4.78, 5) is 55.1. The molecule has 1 saturated carbocycles. The molecule has 0 N–H and O–H groups in total. The van der Waals surface area contributed by atoms with Crippen molar-refractivity contribution < 1.29 is 23.5 Å². The van der Waals surface area contributed by atoms with Crippen LogP contribution in [0.4, 0.5) is 0 Å². The van der Waals surface area contributed by atoms with E-state index < -0.39 is 34.1 Å². The summed E-state index contributed by atoms with van der Waals surface area (Å²) >= 11 is 6.03. The zero-order valence-corrected chi connectivity index (χ0v) is 19.9. The molecular formula is C29H19ClO6. The monoisotopic (exact) mass is 498 g/mol. The Morgan fingerprint density at radius 3 is 2.36 bits per heavy atom. The summed E-state index contributed by atoms with van der Waals surface area (Å²) in [5.74, 6) is -2.47. The van der Waals surface area contributed by atoms with Crippen molar-refractivity contribution in [2.45, 2.75) is 19.3 Å². The zero-order chi connectivity index (χ0) is 25.2. The maximum Gasteiger partial charge on any atom is 0.347 e. The topological polar surface area (TPSA) is 90.7 Å². The van der Waals surface area contributed by atoms with E-state index in [4.69, 9.17) is 20.8 Å². The Labute approximate surface area is 210 Å². The maximum atomic E-state index is 14.3. The van der Waals surface area contributed by atoms with Crippen molar-refractivity contribution in [3.05, 3.63) is 111 Å². The Hall–Kier alpha value is -4.03. The number of fused-ring (bicyclic) bond motifs is 4. The third-order valence-corrected chi connectivity index (χ3v) is 7.87. The molecule has 0 radical (unpaired) electrons. The standard InChI is InChI=1S/C29H19ClO6/c1-2-28(24(31)16-11-13-18(30)14-12-16)23-19-8-4-6-10-22(19)36-27(34)29(23,28)25(32)20-15-17-7-3-5-9-21(17)35-26(20)33/h3-15,23H,2H2,1H3/t23-,28+,29+/m0/s1. The molecule has 7 heteroatoms. The first kappa shape index (κ1) is 22.4. The Bertz CT molecular complexity index is 1650. The van der Waals surface area contributed by atoms with Crippen LogP contribution >= 0.6 is 11.6 Å². The van der Waals surface area contributed by atoms with Gasteiger partial charge in [-0.05, 0) is 48.9 Å². The summed E-state index contributed by atoms with van der Waals surface area (Å²) in [6, 6.07) is 21.4. The lowest BCUT2D eigenvalue weighted by Gasteiger charge is -2.23. The number of para-hydroxylation sites is 2. The summed E-state index contributed by atoms with van der Waals surface area (Å²) < 4.78 is 11.1. The summed E-state index contributed by atoms with van der Waals surface area (Å²) in [6.45, 7) is 1.76. The minimum Gasteiger partial charge on any atom is -0.425 e. The summed E-state index contributed by atoms with van der Waals surface area (Å²) in [7, 11) is 0. The van der Waals surface area contributed by atoms with Crippen LogP contribution in [0.3, 0.4) is 0 Å². The fraction of sp³-hybridized carbons (Fsp3) is 0.172. The smallest absolute Gasteiger partial charge is 0.347 e. The molecule has 2 aliphatic rings. The fourth-order valence-corrected chi connectivity index (χ4v) is 6.12. The number of hydrogen-bond donors (Lipinski definition) is 0. The molecule has 0 saturated heterocycles. The molecule has 1 fully saturated rings. The number of hydrogen-bond acceptors (Lipinski definition) is 6. The highest BCUT2D eigenvalue weighted by Gasteiger charge is 2.89. The molecular weight excluding hydrogens is 480 g/mol. The van der Waals surface area contributed by atoms with Gasteiger partial charge in [0.2, 0.25) is 0 Å². The number of carbonyl (C=O) groups excluding carboxylic acids is 3. The van der Waals surface area contributed by atoms with E-state index in [0.717, 1.165) is 0 Å². The normalized spacial score (nSPS) is 23.9. The number of esters is 1. The van der Waals surface area contributed by atoms with E-state index >= 15 is 0 Å². The van der Waals surface area contributed by atoms with Crippen molar-refractivity contribution in [3.63, 3.8) is 0 Å². The molecule has 36 heavy (non-hydrogen) atoms. The lowest BCUT2D eigenvalue weighted by Crippen LogP contribution is -2.41. The molecule has 178 valence electrons. The summed E-state index contributed by atoms with van der Waals surface area (Å²) in [5, 5.41) is 0.986. The van der Waals surface area contributed by atoms with E-state index in [1.807, 2.05) is 0 Å². The van der Waals surface area contributed by atoms with Gasteiger partial charge < -0.3 is 9.15 Å². The Kier molecular flexibility index (Phi) is 4.82. The minimum atomic E-state index is -1.90. The quantitative estimate of drug-likeness (QED) is 0.117. The van der Waals surface area contributed by atoms with Gasteiger partial charge >= 0.3 is 11.6 Å². The van der Waals surface area contributed by atoms with Crippen LogP contribution in [0.1, 0.15) is 45.5 Å². The molecule has 4 aromatic rings. The number of halogens is 1. The van der Waals surface area contributed by atoms with Gasteiger partial charge in [-0.2, -0.15) is 0 Å². The number of Topliss-reactive ketones (excluding diaryl/α,β-unsaturated/α-hetero) is 2. The van der Waals surface area contributed by atoms with Crippen LogP contribution in [-0.4, -0.2) is 17.5 Å². The van der Waals surface area contributed by atoms with Gasteiger partial charge in [0.1, 0.15) is 16.9 Å². The number of rotatable bonds is 5. The van der Waals surface area contributed by atoms with Crippen LogP contribution in [0.25, 0.3) is 11.0 Å². The van der Waals surface area contributed by atoms with Crippen molar-refractivity contribution >= 4 is 40.1 Å². The molecule has 3 aromatic carbocycles. The van der Waals surface area contributed by atoms with Crippen LogP contribution in [-0.2, 0) is 4.79 Å². The zero-order valence-electron chi connectivity index (χ0n) is 19.1. The lowest BCUT2D eigenvalue weighted by molar-refractivity contribution is -0.140. The first-order valence-corrected chi connectivity index (χ1v) is 11.9. The van der Waals surface area contributed by atoms with Gasteiger partial charge in [-0.25, -0.2) is 4.79 Å². The van der Waals surface area contributed by atoms with Crippen LogP contribution in [0.2, 0.25) is 5.02 Å². The molecule has 3 atom stereocenters. The minimum absolute atomic E-state index is 0.174. The summed E-state index contributed by atoms with van der Waals surface area (Å²) in [6.07, 6.45) is 0.174. The second-order valence-electron chi connectivity index (χ2n) is 9.14. The Morgan fingerprint density at radius 1 is 0.917 bits per heavy atom. The first-order chi connectivity index (χ1) is 17.4. The second kappa shape index (κ2) is 7.73. The van der Waals surface area contributed by atoms with Gasteiger partial charge in [-0.3, -0.25) is 14.4 Å². The number of carbonyl (C=O) groups is 3. The van der Waals surface area contributed by atoms with E-state index in [1.54, 1.807) is 79.7 Å². The van der Waals surface area contributed by atoms with E-state index in [-0.39, 0.29) is 17.8 Å². The van der Waals surface area contributed by atoms with E-state index in [0.29, 0.717) is 32.9 Å². The van der Waals surface area contributed by atoms with Crippen molar-refractivity contribution in [3.8, 4) is 5.75 Å². The van der Waals surface area contributed by atoms with Crippen LogP contribution < -0.4 is 10.4 Å². The third kappa shape index (κ3) is 2.73. The largest absolute Gasteiger partial charge is 0.425 e.